The van der Waals surface area contributed by atoms with Gasteiger partial charge in [-0.25, -0.2) is 9.59 Å². The highest BCUT2D eigenvalue weighted by atomic mass is 32.1. The van der Waals surface area contributed by atoms with Crippen molar-refractivity contribution in [2.24, 2.45) is 0 Å². The van der Waals surface area contributed by atoms with Gasteiger partial charge in [0, 0.05) is 20.2 Å². The Hall–Kier alpha value is -4.32. The van der Waals surface area contributed by atoms with Crippen LogP contribution in [0.3, 0.4) is 0 Å². The topological polar surface area (TPSA) is 111 Å². The number of hydrogen-bond donors (Lipinski definition) is 2. The van der Waals surface area contributed by atoms with Crippen molar-refractivity contribution >= 4 is 76.6 Å². The van der Waals surface area contributed by atoms with Crippen LogP contribution in [0, 0.1) is 0 Å². The van der Waals surface area contributed by atoms with Gasteiger partial charge in [-0.15, -0.1) is 22.7 Å². The second-order valence-corrected chi connectivity index (χ2v) is 11.4. The van der Waals surface area contributed by atoms with Gasteiger partial charge in [0.05, 0.1) is 13.2 Å². The number of nitrogens with one attached hydrogen (secondary N) is 2. The van der Waals surface area contributed by atoms with Gasteiger partial charge in [-0.3, -0.25) is 9.59 Å². The third-order valence-corrected chi connectivity index (χ3v) is 8.53. The Labute approximate surface area is 261 Å². The van der Waals surface area contributed by atoms with Crippen molar-refractivity contribution < 1.29 is 63.8 Å². The average molecular weight is 697 g/mol. The molecular weight excluding hydrogens is 676 g/mol. The molecule has 0 saturated heterocycles. The second kappa shape index (κ2) is 12.5. The fourth-order valence-corrected chi connectivity index (χ4v) is 6.29. The van der Waals surface area contributed by atoms with Gasteiger partial charge >= 0.3 is 47.4 Å². The zero-order valence-electron chi connectivity index (χ0n) is 23.3. The highest BCUT2D eigenvalue weighted by Gasteiger charge is 2.84. The van der Waals surface area contributed by atoms with Crippen molar-refractivity contribution in [3.05, 3.63) is 59.7 Å². The molecular formula is C28H20F8N2O6S2. The molecule has 0 aliphatic carbocycles. The number of rotatable bonds is 11. The van der Waals surface area contributed by atoms with Crippen molar-refractivity contribution in [2.45, 2.75) is 37.5 Å². The Bertz CT molecular complexity index is 1710. The largest absolute Gasteiger partial charge is 0.462 e. The number of benzene rings is 2. The molecule has 4 rings (SSSR count). The van der Waals surface area contributed by atoms with Gasteiger partial charge in [0.15, 0.2) is 0 Å². The first-order chi connectivity index (χ1) is 21.4. The molecule has 0 radical (unpaired) electrons. The lowest BCUT2D eigenvalue weighted by Gasteiger charge is -2.35. The maximum absolute atomic E-state index is 14.8. The van der Waals surface area contributed by atoms with Crippen molar-refractivity contribution in [1.82, 2.24) is 0 Å². The van der Waals surface area contributed by atoms with E-state index in [1.54, 1.807) is 0 Å². The van der Waals surface area contributed by atoms with Gasteiger partial charge < -0.3 is 20.1 Å². The summed E-state index contributed by atoms with van der Waals surface area (Å²) in [5.74, 6) is -36.3. The van der Waals surface area contributed by atoms with Crippen LogP contribution >= 0.6 is 22.7 Å². The molecule has 0 aliphatic heterocycles. The summed E-state index contributed by atoms with van der Waals surface area (Å²) in [6, 6.07) is 10.9. The Morgan fingerprint density at radius 2 is 0.935 bits per heavy atom. The predicted octanol–water partition coefficient (Wildman–Crippen LogP) is 7.59. The molecule has 2 aromatic heterocycles. The summed E-state index contributed by atoms with van der Waals surface area (Å²) in [7, 11) is 0. The summed E-state index contributed by atoms with van der Waals surface area (Å²) in [4.78, 5) is 49.7. The fraction of sp³-hybridized carbons (Fsp3) is 0.286. The fourth-order valence-electron chi connectivity index (χ4n) is 4.12. The molecule has 2 aromatic carbocycles. The SMILES string of the molecule is CCOC(=O)c1c(NC(=O)C(F)(F)C(F)(F)C(F)(F)C(F)(F)C(=O)Nc2sc3ccccc3c2C(=O)OCC)sc2ccccc12. The first-order valence-corrected chi connectivity index (χ1v) is 14.6. The van der Waals surface area contributed by atoms with Crippen LogP contribution in [0.15, 0.2) is 48.5 Å². The van der Waals surface area contributed by atoms with E-state index in [0.29, 0.717) is 22.7 Å². The van der Waals surface area contributed by atoms with Crippen LogP contribution in [-0.2, 0) is 19.1 Å². The molecule has 46 heavy (non-hydrogen) atoms. The molecule has 0 saturated carbocycles. The van der Waals surface area contributed by atoms with Gasteiger partial charge in [-0.2, -0.15) is 35.1 Å². The van der Waals surface area contributed by atoms with E-state index in [4.69, 9.17) is 9.47 Å². The van der Waals surface area contributed by atoms with E-state index in [9.17, 15) is 54.3 Å². The maximum atomic E-state index is 14.8. The van der Waals surface area contributed by atoms with Crippen molar-refractivity contribution in [3.63, 3.8) is 0 Å². The Kier molecular flexibility index (Phi) is 9.36. The molecule has 18 heteroatoms. The number of fused-ring (bicyclic) bond motifs is 2. The highest BCUT2D eigenvalue weighted by Crippen LogP contribution is 2.54. The lowest BCUT2D eigenvalue weighted by atomic mass is 9.97. The highest BCUT2D eigenvalue weighted by molar-refractivity contribution is 7.24. The monoisotopic (exact) mass is 696 g/mol. The molecule has 246 valence electrons. The quantitative estimate of drug-likeness (QED) is 0.124. The van der Waals surface area contributed by atoms with E-state index in [0.717, 1.165) is 0 Å². The number of ether oxygens (including phenoxy) is 2. The van der Waals surface area contributed by atoms with Gasteiger partial charge in [0.25, 0.3) is 0 Å². The average Bonchev–Trinajstić information content (AvgIpc) is 3.54. The van der Waals surface area contributed by atoms with Crippen LogP contribution in [0.5, 0.6) is 0 Å². The summed E-state index contributed by atoms with van der Waals surface area (Å²) in [6.45, 7) is 2.26. The van der Waals surface area contributed by atoms with Crippen LogP contribution in [-0.4, -0.2) is 60.7 Å². The molecule has 0 spiro atoms. The van der Waals surface area contributed by atoms with E-state index in [1.165, 1.54) is 73.0 Å². The minimum Gasteiger partial charge on any atom is -0.462 e. The minimum atomic E-state index is -7.20. The Morgan fingerprint density at radius 3 is 1.26 bits per heavy atom. The molecule has 8 nitrogen and oxygen atoms in total. The number of carbonyl (C=O) groups excluding carboxylic acids is 4. The molecule has 2 N–H and O–H groups in total. The zero-order valence-corrected chi connectivity index (χ0v) is 25.0. The number of carbonyl (C=O) groups is 4. The molecule has 4 aromatic rings. The number of hydrogen-bond acceptors (Lipinski definition) is 8. The van der Waals surface area contributed by atoms with Crippen LogP contribution in [0.2, 0.25) is 0 Å². The number of halogens is 8. The standard InChI is InChI=1S/C28H20F8N2O6S2/c1-3-43-21(39)17-13-9-5-7-11-15(13)45-19(17)37-23(41)25(29,30)27(33,34)28(35,36)26(31,32)24(42)38-20-18(22(40)44-4-2)14-10-6-8-12-16(14)46-20/h5-12H,3-4H2,1-2H3,(H,37,41)(H,38,42). The first-order valence-electron chi connectivity index (χ1n) is 12.9. The lowest BCUT2D eigenvalue weighted by molar-refractivity contribution is -0.345. The summed E-state index contributed by atoms with van der Waals surface area (Å²) in [6.07, 6.45) is 0. The molecule has 0 unspecified atom stereocenters. The van der Waals surface area contributed by atoms with E-state index in [-0.39, 0.29) is 33.4 Å². The van der Waals surface area contributed by atoms with Crippen LogP contribution in [0.4, 0.5) is 45.1 Å². The Morgan fingerprint density at radius 1 is 0.609 bits per heavy atom. The van der Waals surface area contributed by atoms with Gasteiger partial charge in [0.2, 0.25) is 0 Å². The number of alkyl halides is 8. The van der Waals surface area contributed by atoms with E-state index in [2.05, 4.69) is 0 Å². The zero-order chi connectivity index (χ0) is 34.2. The molecule has 2 amide bonds. The molecule has 0 atom stereocenters. The summed E-state index contributed by atoms with van der Waals surface area (Å²) >= 11 is 0.827. The second-order valence-electron chi connectivity index (χ2n) is 9.25. The van der Waals surface area contributed by atoms with E-state index in [1.807, 2.05) is 0 Å². The number of esters is 2. The first kappa shape index (κ1) is 34.6. The third-order valence-electron chi connectivity index (χ3n) is 6.36. The van der Waals surface area contributed by atoms with Gasteiger partial charge in [-0.1, -0.05) is 36.4 Å². The summed E-state index contributed by atoms with van der Waals surface area (Å²) < 4.78 is 129. The van der Waals surface area contributed by atoms with Crippen LogP contribution in [0.25, 0.3) is 20.2 Å². The molecule has 0 bridgehead atoms. The van der Waals surface area contributed by atoms with Crippen molar-refractivity contribution in [2.75, 3.05) is 23.8 Å². The van der Waals surface area contributed by atoms with E-state index >= 15 is 0 Å². The third kappa shape index (κ3) is 5.63. The van der Waals surface area contributed by atoms with E-state index < -0.39 is 68.6 Å². The van der Waals surface area contributed by atoms with Crippen molar-refractivity contribution in [1.29, 1.82) is 0 Å². The number of thiophene rings is 2. The number of amides is 2. The van der Waals surface area contributed by atoms with Crippen LogP contribution < -0.4 is 10.6 Å². The summed E-state index contributed by atoms with van der Waals surface area (Å²) in [5, 5.41) is 0.903. The normalized spacial score (nSPS) is 12.7. The molecule has 0 fully saturated rings. The maximum Gasteiger partial charge on any atom is 0.393 e. The predicted molar refractivity (Wildman–Crippen MR) is 153 cm³/mol. The van der Waals surface area contributed by atoms with Crippen molar-refractivity contribution in [3.8, 4) is 0 Å². The number of anilines is 2. The summed E-state index contributed by atoms with van der Waals surface area (Å²) in [5.41, 5.74) is -1.15. The molecule has 0 aliphatic rings. The molecule has 2 heterocycles. The van der Waals surface area contributed by atoms with Crippen LogP contribution in [0.1, 0.15) is 34.6 Å². The van der Waals surface area contributed by atoms with Gasteiger partial charge in [-0.05, 0) is 26.0 Å². The minimum absolute atomic E-state index is 0.0216. The Balaban J connectivity index is 1.66. The smallest absolute Gasteiger partial charge is 0.393 e. The van der Waals surface area contributed by atoms with Gasteiger partial charge in [0.1, 0.15) is 21.1 Å². The lowest BCUT2D eigenvalue weighted by Crippen LogP contribution is -2.67.